The highest BCUT2D eigenvalue weighted by molar-refractivity contribution is 5.88. The lowest BCUT2D eigenvalue weighted by Crippen LogP contribution is -2.05. The molecule has 0 aliphatic carbocycles. The summed E-state index contributed by atoms with van der Waals surface area (Å²) in [6, 6.07) is 13.5. The van der Waals surface area contributed by atoms with Crippen molar-refractivity contribution >= 4 is 10.9 Å². The van der Waals surface area contributed by atoms with Crippen molar-refractivity contribution in [2.24, 2.45) is 0 Å². The van der Waals surface area contributed by atoms with Gasteiger partial charge in [-0.3, -0.25) is 9.97 Å². The standard InChI is InChI=1S/C26H25N3O4/c1-15-10-25(26(29-17(15)3)20-7-5-6-16(2)28-20)33-22-8-9-27-21-12-24(32-14-18-13-31-18)23(30-4)11-19(21)22/h5-12,18H,13-14H2,1-4H3. The number of methoxy groups -OCH3 is 1. The molecule has 7 heteroatoms. The first kappa shape index (κ1) is 21.2. The lowest BCUT2D eigenvalue weighted by Gasteiger charge is -2.16. The highest BCUT2D eigenvalue weighted by atomic mass is 16.6. The van der Waals surface area contributed by atoms with E-state index in [1.807, 2.05) is 63.2 Å². The predicted octanol–water partition coefficient (Wildman–Crippen LogP) is 5.20. The van der Waals surface area contributed by atoms with Gasteiger partial charge in [0.1, 0.15) is 24.2 Å². The van der Waals surface area contributed by atoms with Crippen LogP contribution in [-0.4, -0.2) is 41.4 Å². The van der Waals surface area contributed by atoms with E-state index in [2.05, 4.69) is 9.97 Å². The molecule has 1 fully saturated rings. The summed E-state index contributed by atoms with van der Waals surface area (Å²) in [5, 5.41) is 0.811. The van der Waals surface area contributed by atoms with E-state index in [1.54, 1.807) is 13.3 Å². The Kier molecular flexibility index (Phi) is 5.56. The van der Waals surface area contributed by atoms with E-state index in [9.17, 15) is 0 Å². The first-order chi connectivity index (χ1) is 16.0. The molecule has 1 aliphatic rings. The van der Waals surface area contributed by atoms with Gasteiger partial charge in [-0.15, -0.1) is 0 Å². The lowest BCUT2D eigenvalue weighted by molar-refractivity contribution is 0.252. The molecule has 168 valence electrons. The highest BCUT2D eigenvalue weighted by Crippen LogP contribution is 2.39. The van der Waals surface area contributed by atoms with Gasteiger partial charge in [0.05, 0.1) is 24.9 Å². The van der Waals surface area contributed by atoms with Gasteiger partial charge < -0.3 is 18.9 Å². The molecule has 33 heavy (non-hydrogen) atoms. The van der Waals surface area contributed by atoms with Gasteiger partial charge in [0, 0.05) is 29.0 Å². The zero-order valence-electron chi connectivity index (χ0n) is 19.1. The van der Waals surface area contributed by atoms with E-state index in [4.69, 9.17) is 23.9 Å². The Balaban J connectivity index is 1.57. The molecule has 5 rings (SSSR count). The van der Waals surface area contributed by atoms with Crippen LogP contribution < -0.4 is 14.2 Å². The zero-order chi connectivity index (χ0) is 22.9. The maximum Gasteiger partial charge on any atom is 0.163 e. The molecule has 1 aromatic carbocycles. The molecule has 4 heterocycles. The van der Waals surface area contributed by atoms with Gasteiger partial charge >= 0.3 is 0 Å². The first-order valence-corrected chi connectivity index (χ1v) is 10.8. The van der Waals surface area contributed by atoms with Crippen molar-refractivity contribution < 1.29 is 18.9 Å². The number of pyridine rings is 3. The molecule has 0 N–H and O–H groups in total. The Morgan fingerprint density at radius 2 is 1.82 bits per heavy atom. The van der Waals surface area contributed by atoms with Crippen LogP contribution in [0.15, 0.2) is 48.7 Å². The summed E-state index contributed by atoms with van der Waals surface area (Å²) < 4.78 is 23.1. The second-order valence-corrected chi connectivity index (χ2v) is 8.10. The summed E-state index contributed by atoms with van der Waals surface area (Å²) in [6.07, 6.45) is 1.87. The number of epoxide rings is 1. The van der Waals surface area contributed by atoms with Crippen molar-refractivity contribution in [3.8, 4) is 34.4 Å². The summed E-state index contributed by atoms with van der Waals surface area (Å²) in [5.74, 6) is 2.52. The Labute approximate surface area is 192 Å². The van der Waals surface area contributed by atoms with Gasteiger partial charge in [0.25, 0.3) is 0 Å². The average molecular weight is 444 g/mol. The van der Waals surface area contributed by atoms with Gasteiger partial charge in [0.15, 0.2) is 17.2 Å². The van der Waals surface area contributed by atoms with Gasteiger partial charge in [-0.1, -0.05) is 6.07 Å². The third kappa shape index (κ3) is 4.45. The van der Waals surface area contributed by atoms with E-state index < -0.39 is 0 Å². The van der Waals surface area contributed by atoms with Gasteiger partial charge in [0.2, 0.25) is 0 Å². The second kappa shape index (κ2) is 8.67. The second-order valence-electron chi connectivity index (χ2n) is 8.10. The summed E-state index contributed by atoms with van der Waals surface area (Å²) in [7, 11) is 1.62. The van der Waals surface area contributed by atoms with Gasteiger partial charge in [-0.05, 0) is 56.7 Å². The number of nitrogens with zero attached hydrogens (tertiary/aromatic N) is 3. The Morgan fingerprint density at radius 1 is 0.970 bits per heavy atom. The minimum atomic E-state index is 0.152. The highest BCUT2D eigenvalue weighted by Gasteiger charge is 2.24. The summed E-state index contributed by atoms with van der Waals surface area (Å²) in [6.45, 7) is 7.18. The third-order valence-electron chi connectivity index (χ3n) is 5.60. The minimum Gasteiger partial charge on any atom is -0.493 e. The molecule has 0 radical (unpaired) electrons. The molecule has 1 unspecified atom stereocenters. The van der Waals surface area contributed by atoms with Crippen molar-refractivity contribution in [3.05, 3.63) is 65.6 Å². The van der Waals surface area contributed by atoms with E-state index >= 15 is 0 Å². The number of fused-ring (bicyclic) bond motifs is 1. The molecule has 0 bridgehead atoms. The number of aryl methyl sites for hydroxylation is 3. The third-order valence-corrected chi connectivity index (χ3v) is 5.60. The summed E-state index contributed by atoms with van der Waals surface area (Å²) in [4.78, 5) is 14.0. The molecule has 1 atom stereocenters. The molecule has 1 saturated heterocycles. The fourth-order valence-electron chi connectivity index (χ4n) is 3.57. The smallest absolute Gasteiger partial charge is 0.163 e. The Hall–Kier alpha value is -3.71. The average Bonchev–Trinajstić information content (AvgIpc) is 3.64. The van der Waals surface area contributed by atoms with Crippen LogP contribution in [0.4, 0.5) is 0 Å². The predicted molar refractivity (Wildman–Crippen MR) is 125 cm³/mol. The molecular formula is C26H25N3O4. The topological polar surface area (TPSA) is 78.9 Å². The summed E-state index contributed by atoms with van der Waals surface area (Å²) in [5.41, 5.74) is 5.09. The number of hydrogen-bond donors (Lipinski definition) is 0. The monoisotopic (exact) mass is 443 g/mol. The van der Waals surface area contributed by atoms with E-state index in [0.717, 1.165) is 40.2 Å². The van der Waals surface area contributed by atoms with Crippen LogP contribution in [0, 0.1) is 20.8 Å². The number of benzene rings is 1. The maximum atomic E-state index is 6.44. The van der Waals surface area contributed by atoms with Crippen LogP contribution in [0.25, 0.3) is 22.3 Å². The molecule has 1 aliphatic heterocycles. The molecule has 0 saturated carbocycles. The van der Waals surface area contributed by atoms with Crippen LogP contribution in [0.2, 0.25) is 0 Å². The van der Waals surface area contributed by atoms with Crippen molar-refractivity contribution in [1.82, 2.24) is 15.0 Å². The van der Waals surface area contributed by atoms with E-state index in [-0.39, 0.29) is 6.10 Å². The molecule has 0 spiro atoms. The number of hydrogen-bond acceptors (Lipinski definition) is 7. The Morgan fingerprint density at radius 3 is 2.58 bits per heavy atom. The van der Waals surface area contributed by atoms with Crippen molar-refractivity contribution in [3.63, 3.8) is 0 Å². The molecule has 0 amide bonds. The summed E-state index contributed by atoms with van der Waals surface area (Å²) >= 11 is 0. The quantitative estimate of drug-likeness (QED) is 0.363. The lowest BCUT2D eigenvalue weighted by atomic mass is 10.1. The zero-order valence-corrected chi connectivity index (χ0v) is 19.1. The van der Waals surface area contributed by atoms with Crippen molar-refractivity contribution in [2.75, 3.05) is 20.3 Å². The van der Waals surface area contributed by atoms with Crippen molar-refractivity contribution in [2.45, 2.75) is 26.9 Å². The number of ether oxygens (including phenoxy) is 4. The van der Waals surface area contributed by atoms with Gasteiger partial charge in [-0.2, -0.15) is 0 Å². The molecule has 4 aromatic rings. The molecular weight excluding hydrogens is 418 g/mol. The maximum absolute atomic E-state index is 6.44. The largest absolute Gasteiger partial charge is 0.493 e. The normalized spacial score (nSPS) is 14.8. The molecule has 3 aromatic heterocycles. The number of rotatable bonds is 7. The van der Waals surface area contributed by atoms with Crippen LogP contribution >= 0.6 is 0 Å². The first-order valence-electron chi connectivity index (χ1n) is 10.8. The minimum absolute atomic E-state index is 0.152. The molecule has 7 nitrogen and oxygen atoms in total. The SMILES string of the molecule is COc1cc2c(Oc3cc(C)c(C)nc3-c3cccc(C)n3)ccnc2cc1OCC1CO1. The van der Waals surface area contributed by atoms with Crippen LogP contribution in [0.3, 0.4) is 0 Å². The Bertz CT molecular complexity index is 1330. The van der Waals surface area contributed by atoms with Crippen LogP contribution in [0.5, 0.6) is 23.0 Å². The fraction of sp³-hybridized carbons (Fsp3) is 0.269. The van der Waals surface area contributed by atoms with Gasteiger partial charge in [-0.25, -0.2) is 4.98 Å². The van der Waals surface area contributed by atoms with Crippen LogP contribution in [0.1, 0.15) is 17.0 Å². The number of aromatic nitrogens is 3. The van der Waals surface area contributed by atoms with Crippen LogP contribution in [-0.2, 0) is 4.74 Å². The van der Waals surface area contributed by atoms with E-state index in [1.165, 1.54) is 0 Å². The van der Waals surface area contributed by atoms with Crippen molar-refractivity contribution in [1.29, 1.82) is 0 Å². The van der Waals surface area contributed by atoms with E-state index in [0.29, 0.717) is 35.3 Å². The fourth-order valence-corrected chi connectivity index (χ4v) is 3.57.